The number of aryl methyl sites for hydroxylation is 4. The molecule has 0 spiro atoms. The normalized spacial score (nSPS) is 12.9. The number of unbranched alkanes of at least 4 members (excludes halogenated alkanes) is 13. The van der Waals surface area contributed by atoms with Crippen molar-refractivity contribution in [1.29, 1.82) is 0 Å². The number of rotatable bonds is 29. The van der Waals surface area contributed by atoms with Gasteiger partial charge in [0.05, 0.1) is 0 Å². The molecule has 2 aromatic carbocycles. The minimum absolute atomic E-state index is 0.678. The lowest BCUT2D eigenvalue weighted by Crippen LogP contribution is -2.12. The topological polar surface area (TPSA) is 0 Å². The van der Waals surface area contributed by atoms with Crippen molar-refractivity contribution in [2.75, 3.05) is 0 Å². The predicted octanol–water partition coefficient (Wildman–Crippen LogP) is 15.1. The van der Waals surface area contributed by atoms with Gasteiger partial charge in [-0.1, -0.05) is 174 Å². The van der Waals surface area contributed by atoms with E-state index in [1.54, 1.807) is 33.4 Å². The van der Waals surface area contributed by atoms with Gasteiger partial charge in [0.25, 0.3) is 0 Å². The van der Waals surface area contributed by atoms with Crippen LogP contribution in [-0.4, -0.2) is 0 Å². The second kappa shape index (κ2) is 26.4. The minimum Gasteiger partial charge on any atom is -0.0654 e. The molecule has 0 saturated carbocycles. The fourth-order valence-electron chi connectivity index (χ4n) is 7.71. The Hall–Kier alpha value is -1.56. The van der Waals surface area contributed by atoms with Crippen LogP contribution in [0.2, 0.25) is 0 Å². The fourth-order valence-corrected chi connectivity index (χ4v) is 7.71. The molecule has 0 radical (unpaired) electrons. The maximum atomic E-state index is 2.67. The van der Waals surface area contributed by atoms with E-state index in [9.17, 15) is 0 Å². The summed E-state index contributed by atoms with van der Waals surface area (Å²) in [5.41, 5.74) is 9.87. The minimum atomic E-state index is 0.678. The van der Waals surface area contributed by atoms with Gasteiger partial charge in [0.2, 0.25) is 0 Å². The van der Waals surface area contributed by atoms with Crippen LogP contribution < -0.4 is 0 Å². The van der Waals surface area contributed by atoms with Gasteiger partial charge in [0.15, 0.2) is 0 Å². The Morgan fingerprint density at radius 1 is 0.435 bits per heavy atom. The highest BCUT2D eigenvalue weighted by Gasteiger charge is 2.19. The lowest BCUT2D eigenvalue weighted by molar-refractivity contribution is 0.381. The summed E-state index contributed by atoms with van der Waals surface area (Å²) < 4.78 is 0. The van der Waals surface area contributed by atoms with Gasteiger partial charge in [-0.3, -0.25) is 0 Å². The highest BCUT2D eigenvalue weighted by Crippen LogP contribution is 2.34. The summed E-state index contributed by atoms with van der Waals surface area (Å²) in [6.07, 6.45) is 34.8. The Morgan fingerprint density at radius 2 is 0.891 bits per heavy atom. The van der Waals surface area contributed by atoms with E-state index in [1.807, 2.05) is 0 Å². The van der Waals surface area contributed by atoms with Crippen LogP contribution in [-0.2, 0) is 32.1 Å². The molecule has 0 fully saturated rings. The molecule has 0 nitrogen and oxygen atoms in total. The molecule has 0 aromatic heterocycles. The van der Waals surface area contributed by atoms with Crippen molar-refractivity contribution in [2.24, 2.45) is 5.92 Å². The standard InChI is InChI=1S/C46H78/c1-7-13-18-19-20-25-26-39(35-40-31-32-42(27-21-14-8-2)44(37-40)29-23-16-10-4)36-41(12-6)46-34-33-43(28-22-15-9-3)45(38-46)30-24-17-11-5/h31-34,37-39,41H,7-30,35-36H2,1-6H3. The van der Waals surface area contributed by atoms with Crippen molar-refractivity contribution in [3.63, 3.8) is 0 Å². The first-order valence-electron chi connectivity index (χ1n) is 20.8. The van der Waals surface area contributed by atoms with Gasteiger partial charge in [-0.25, -0.2) is 0 Å². The third-order valence-electron chi connectivity index (χ3n) is 10.8. The first kappa shape index (κ1) is 40.6. The quantitative estimate of drug-likeness (QED) is 0.0784. The van der Waals surface area contributed by atoms with Crippen molar-refractivity contribution >= 4 is 0 Å². The van der Waals surface area contributed by atoms with Crippen molar-refractivity contribution in [1.82, 2.24) is 0 Å². The molecule has 2 unspecified atom stereocenters. The molecule has 0 aliphatic carbocycles. The third kappa shape index (κ3) is 16.5. The van der Waals surface area contributed by atoms with E-state index in [2.05, 4.69) is 77.9 Å². The molecule has 0 aliphatic heterocycles. The molecule has 2 atom stereocenters. The summed E-state index contributed by atoms with van der Waals surface area (Å²) in [5, 5.41) is 0. The summed E-state index contributed by atoms with van der Waals surface area (Å²) in [6, 6.07) is 15.5. The van der Waals surface area contributed by atoms with Crippen molar-refractivity contribution < 1.29 is 0 Å². The zero-order valence-electron chi connectivity index (χ0n) is 32.0. The first-order chi connectivity index (χ1) is 22.6. The van der Waals surface area contributed by atoms with Crippen LogP contribution in [0.25, 0.3) is 0 Å². The molecule has 262 valence electrons. The predicted molar refractivity (Wildman–Crippen MR) is 209 cm³/mol. The summed E-state index contributed by atoms with van der Waals surface area (Å²) >= 11 is 0. The van der Waals surface area contributed by atoms with Crippen molar-refractivity contribution in [3.8, 4) is 0 Å². The van der Waals surface area contributed by atoms with Gasteiger partial charge in [0, 0.05) is 0 Å². The van der Waals surface area contributed by atoms with Gasteiger partial charge in [0.1, 0.15) is 0 Å². The van der Waals surface area contributed by atoms with Crippen LogP contribution in [0.1, 0.15) is 216 Å². The first-order valence-corrected chi connectivity index (χ1v) is 20.8. The summed E-state index contributed by atoms with van der Waals surface area (Å²) in [6.45, 7) is 14.1. The fraction of sp³-hybridized carbons (Fsp3) is 0.739. The molecule has 0 heterocycles. The van der Waals surface area contributed by atoms with Gasteiger partial charge < -0.3 is 0 Å². The van der Waals surface area contributed by atoms with Gasteiger partial charge in [-0.05, 0) is 116 Å². The second-order valence-electron chi connectivity index (χ2n) is 14.9. The van der Waals surface area contributed by atoms with Crippen LogP contribution in [0.15, 0.2) is 36.4 Å². The van der Waals surface area contributed by atoms with E-state index in [0.29, 0.717) is 5.92 Å². The van der Waals surface area contributed by atoms with Crippen LogP contribution in [0.3, 0.4) is 0 Å². The molecule has 2 aromatic rings. The van der Waals surface area contributed by atoms with E-state index >= 15 is 0 Å². The Kier molecular flexibility index (Phi) is 23.3. The zero-order valence-corrected chi connectivity index (χ0v) is 32.0. The van der Waals surface area contributed by atoms with E-state index < -0.39 is 0 Å². The lowest BCUT2D eigenvalue weighted by atomic mass is 9.80. The highest BCUT2D eigenvalue weighted by molar-refractivity contribution is 5.35. The molecular weight excluding hydrogens is 553 g/mol. The van der Waals surface area contributed by atoms with Gasteiger partial charge in [-0.2, -0.15) is 0 Å². The van der Waals surface area contributed by atoms with E-state index in [-0.39, 0.29) is 0 Å². The van der Waals surface area contributed by atoms with Crippen molar-refractivity contribution in [2.45, 2.75) is 214 Å². The van der Waals surface area contributed by atoms with Gasteiger partial charge >= 0.3 is 0 Å². The Labute approximate surface area is 289 Å². The molecule has 0 bridgehead atoms. The molecule has 0 N–H and O–H groups in total. The molecular formula is C46H78. The van der Waals surface area contributed by atoms with E-state index in [1.165, 1.54) is 167 Å². The molecule has 46 heavy (non-hydrogen) atoms. The number of benzene rings is 2. The third-order valence-corrected chi connectivity index (χ3v) is 10.8. The smallest absolute Gasteiger partial charge is 0.0162 e. The second-order valence-corrected chi connectivity index (χ2v) is 14.9. The molecule has 0 amide bonds. The van der Waals surface area contributed by atoms with Crippen LogP contribution in [0, 0.1) is 5.92 Å². The monoisotopic (exact) mass is 631 g/mol. The van der Waals surface area contributed by atoms with Crippen LogP contribution >= 0.6 is 0 Å². The maximum Gasteiger partial charge on any atom is -0.0162 e. The highest BCUT2D eigenvalue weighted by atomic mass is 14.2. The zero-order chi connectivity index (χ0) is 33.2. The summed E-state index contributed by atoms with van der Waals surface area (Å²) in [4.78, 5) is 0. The van der Waals surface area contributed by atoms with E-state index in [0.717, 1.165) is 5.92 Å². The molecule has 0 aliphatic rings. The average molecular weight is 631 g/mol. The largest absolute Gasteiger partial charge is 0.0654 e. The van der Waals surface area contributed by atoms with Gasteiger partial charge in [-0.15, -0.1) is 0 Å². The maximum absolute atomic E-state index is 2.67. The Morgan fingerprint density at radius 3 is 1.43 bits per heavy atom. The van der Waals surface area contributed by atoms with Crippen LogP contribution in [0.4, 0.5) is 0 Å². The summed E-state index contributed by atoms with van der Waals surface area (Å²) in [5.74, 6) is 1.45. The number of hydrogen-bond acceptors (Lipinski definition) is 0. The molecule has 0 saturated heterocycles. The molecule has 2 rings (SSSR count). The SMILES string of the molecule is CCCCCCCCC(Cc1ccc(CCCCC)c(CCCCC)c1)CC(CC)c1ccc(CCCCC)c(CCCCC)c1. The summed E-state index contributed by atoms with van der Waals surface area (Å²) in [7, 11) is 0. The number of hydrogen-bond donors (Lipinski definition) is 0. The van der Waals surface area contributed by atoms with E-state index in [4.69, 9.17) is 0 Å². The molecule has 0 heteroatoms. The Balaban J connectivity index is 2.27. The van der Waals surface area contributed by atoms with Crippen molar-refractivity contribution in [3.05, 3.63) is 69.8 Å². The Bertz CT molecular complexity index is 999. The average Bonchev–Trinajstić information content (AvgIpc) is 3.07. The van der Waals surface area contributed by atoms with Crippen LogP contribution in [0.5, 0.6) is 0 Å². The lowest BCUT2D eigenvalue weighted by Gasteiger charge is -2.25.